The van der Waals surface area contributed by atoms with Gasteiger partial charge in [-0.25, -0.2) is 0 Å². The molecule has 0 bridgehead atoms. The van der Waals surface area contributed by atoms with Crippen LogP contribution in [-0.4, -0.2) is 19.8 Å². The van der Waals surface area contributed by atoms with Crippen LogP contribution in [0, 0.1) is 0 Å². The van der Waals surface area contributed by atoms with Crippen LogP contribution in [0.1, 0.15) is 175 Å². The Labute approximate surface area is 216 Å². The summed E-state index contributed by atoms with van der Waals surface area (Å²) < 4.78 is 18.2. The van der Waals surface area contributed by atoms with Gasteiger partial charge in [-0.3, -0.25) is 0 Å². The Morgan fingerprint density at radius 1 is 0.294 bits per heavy atom. The first kappa shape index (κ1) is 34.3. The summed E-state index contributed by atoms with van der Waals surface area (Å²) in [6.07, 6.45) is 31.9. The smallest absolute Gasteiger partial charge is 0.312 e. The molecule has 0 rings (SSSR count). The molecule has 0 saturated heterocycles. The fourth-order valence-electron chi connectivity index (χ4n) is 4.24. The van der Waals surface area contributed by atoms with Gasteiger partial charge in [-0.05, 0) is 19.3 Å². The number of hydrogen-bond acceptors (Lipinski definition) is 3. The quantitative estimate of drug-likeness (QED) is 0.0722. The summed E-state index contributed by atoms with van der Waals surface area (Å²) in [5.74, 6) is 0. The van der Waals surface area contributed by atoms with Gasteiger partial charge in [0.25, 0.3) is 0 Å². The van der Waals surface area contributed by atoms with Crippen molar-refractivity contribution in [3.8, 4) is 0 Å². The highest BCUT2D eigenvalue weighted by atomic mass is 31.2. The molecular weight excluding hydrogens is 439 g/mol. The molecule has 0 aromatic carbocycles. The van der Waals surface area contributed by atoms with E-state index in [2.05, 4.69) is 20.8 Å². The SMILES string of the molecule is CCCCCCCCCCOP(OCCCCCCCCCC)OCCCCCCCCCC. The van der Waals surface area contributed by atoms with E-state index in [1.54, 1.807) is 0 Å². The lowest BCUT2D eigenvalue weighted by atomic mass is 10.1. The lowest BCUT2D eigenvalue weighted by Gasteiger charge is -2.17. The van der Waals surface area contributed by atoms with Crippen LogP contribution < -0.4 is 0 Å². The van der Waals surface area contributed by atoms with Crippen LogP contribution in [0.25, 0.3) is 0 Å². The minimum Gasteiger partial charge on any atom is -0.312 e. The van der Waals surface area contributed by atoms with Crippen molar-refractivity contribution in [2.24, 2.45) is 0 Å². The van der Waals surface area contributed by atoms with E-state index in [0.717, 1.165) is 39.1 Å². The zero-order valence-corrected chi connectivity index (χ0v) is 24.7. The van der Waals surface area contributed by atoms with E-state index in [9.17, 15) is 0 Å². The van der Waals surface area contributed by atoms with Gasteiger partial charge in [0, 0.05) is 0 Å². The average Bonchev–Trinajstić information content (AvgIpc) is 2.85. The molecule has 4 heteroatoms. The summed E-state index contributed by atoms with van der Waals surface area (Å²) in [6.45, 7) is 9.20. The zero-order chi connectivity index (χ0) is 24.8. The largest absolute Gasteiger partial charge is 0.332 e. The summed E-state index contributed by atoms with van der Waals surface area (Å²) >= 11 is 0. The van der Waals surface area contributed by atoms with Gasteiger partial charge in [0.05, 0.1) is 19.8 Å². The van der Waals surface area contributed by atoms with E-state index in [0.29, 0.717) is 0 Å². The third-order valence-corrected chi connectivity index (χ3v) is 7.76. The molecule has 0 heterocycles. The molecule has 206 valence electrons. The van der Waals surface area contributed by atoms with Crippen LogP contribution in [0.4, 0.5) is 0 Å². The summed E-state index contributed by atoms with van der Waals surface area (Å²) in [4.78, 5) is 0. The highest BCUT2D eigenvalue weighted by Gasteiger charge is 2.12. The summed E-state index contributed by atoms with van der Waals surface area (Å²) in [5, 5.41) is 0. The third kappa shape index (κ3) is 28.5. The number of hydrogen-bond donors (Lipinski definition) is 0. The maximum Gasteiger partial charge on any atom is 0.332 e. The molecule has 0 aromatic rings. The fourth-order valence-corrected chi connectivity index (χ4v) is 5.30. The van der Waals surface area contributed by atoms with E-state index < -0.39 is 8.60 Å². The van der Waals surface area contributed by atoms with Crippen LogP contribution in [0.3, 0.4) is 0 Å². The Bertz CT molecular complexity index is 302. The van der Waals surface area contributed by atoms with Crippen molar-refractivity contribution in [2.75, 3.05) is 19.8 Å². The van der Waals surface area contributed by atoms with E-state index >= 15 is 0 Å². The van der Waals surface area contributed by atoms with Gasteiger partial charge in [-0.1, -0.05) is 156 Å². The first-order chi connectivity index (χ1) is 16.8. The second-order valence-corrected chi connectivity index (χ2v) is 11.4. The molecule has 3 nitrogen and oxygen atoms in total. The van der Waals surface area contributed by atoms with Crippen molar-refractivity contribution in [3.05, 3.63) is 0 Å². The lowest BCUT2D eigenvalue weighted by Crippen LogP contribution is -2.00. The Hall–Kier alpha value is 0.310. The highest BCUT2D eigenvalue weighted by molar-refractivity contribution is 7.41. The summed E-state index contributed by atoms with van der Waals surface area (Å²) in [7, 11) is -1.16. The first-order valence-electron chi connectivity index (χ1n) is 15.5. The topological polar surface area (TPSA) is 27.7 Å². The second-order valence-electron chi connectivity index (χ2n) is 10.1. The molecule has 0 aromatic heterocycles. The zero-order valence-electron chi connectivity index (χ0n) is 23.8. The molecule has 0 saturated carbocycles. The van der Waals surface area contributed by atoms with Crippen molar-refractivity contribution < 1.29 is 13.6 Å². The molecule has 0 aliphatic carbocycles. The molecule has 34 heavy (non-hydrogen) atoms. The van der Waals surface area contributed by atoms with Crippen molar-refractivity contribution in [1.82, 2.24) is 0 Å². The molecule has 0 N–H and O–H groups in total. The van der Waals surface area contributed by atoms with Crippen LogP contribution in [0.2, 0.25) is 0 Å². The molecule has 0 unspecified atom stereocenters. The van der Waals surface area contributed by atoms with Gasteiger partial charge in [0.1, 0.15) is 0 Å². The molecular formula is C30H63O3P. The first-order valence-corrected chi connectivity index (χ1v) is 16.6. The molecule has 0 amide bonds. The molecule has 0 spiro atoms. The molecule has 0 atom stereocenters. The molecule has 0 fully saturated rings. The minimum absolute atomic E-state index is 0.787. The van der Waals surface area contributed by atoms with Gasteiger partial charge in [-0.15, -0.1) is 0 Å². The number of rotatable bonds is 30. The minimum atomic E-state index is -1.16. The van der Waals surface area contributed by atoms with Gasteiger partial charge >= 0.3 is 8.60 Å². The second kappa shape index (κ2) is 31.3. The third-order valence-electron chi connectivity index (χ3n) is 6.58. The van der Waals surface area contributed by atoms with E-state index in [1.807, 2.05) is 0 Å². The maximum atomic E-state index is 6.05. The van der Waals surface area contributed by atoms with Crippen LogP contribution in [-0.2, 0) is 13.6 Å². The Balaban J connectivity index is 3.85. The molecule has 0 radical (unpaired) electrons. The van der Waals surface area contributed by atoms with Crippen molar-refractivity contribution in [2.45, 2.75) is 175 Å². The monoisotopic (exact) mass is 502 g/mol. The standard InChI is InChI=1S/C30H63O3P/c1-4-7-10-13-16-19-22-25-28-31-34(32-29-26-23-20-17-14-11-8-5-2)33-30-27-24-21-18-15-12-9-6-3/h4-30H2,1-3H3. The van der Waals surface area contributed by atoms with Gasteiger partial charge in [0.2, 0.25) is 0 Å². The lowest BCUT2D eigenvalue weighted by molar-refractivity contribution is 0.153. The van der Waals surface area contributed by atoms with Gasteiger partial charge in [0.15, 0.2) is 0 Å². The van der Waals surface area contributed by atoms with E-state index in [-0.39, 0.29) is 0 Å². The molecule has 0 aliphatic rings. The normalized spacial score (nSPS) is 11.6. The predicted octanol–water partition coefficient (Wildman–Crippen LogP) is 11.7. The van der Waals surface area contributed by atoms with Crippen LogP contribution >= 0.6 is 8.60 Å². The molecule has 0 aliphatic heterocycles. The van der Waals surface area contributed by atoms with E-state index in [4.69, 9.17) is 13.6 Å². The van der Waals surface area contributed by atoms with Crippen LogP contribution in [0.5, 0.6) is 0 Å². The van der Waals surface area contributed by atoms with Crippen molar-refractivity contribution in [3.63, 3.8) is 0 Å². The Morgan fingerprint density at radius 3 is 0.735 bits per heavy atom. The van der Waals surface area contributed by atoms with Crippen molar-refractivity contribution in [1.29, 1.82) is 0 Å². The Morgan fingerprint density at radius 2 is 0.500 bits per heavy atom. The highest BCUT2D eigenvalue weighted by Crippen LogP contribution is 2.40. The maximum absolute atomic E-state index is 6.05. The van der Waals surface area contributed by atoms with Crippen LogP contribution in [0.15, 0.2) is 0 Å². The summed E-state index contributed by atoms with van der Waals surface area (Å²) in [6, 6.07) is 0. The van der Waals surface area contributed by atoms with Crippen molar-refractivity contribution >= 4 is 8.60 Å². The van der Waals surface area contributed by atoms with Gasteiger partial charge in [-0.2, -0.15) is 0 Å². The van der Waals surface area contributed by atoms with E-state index in [1.165, 1.54) is 135 Å². The summed E-state index contributed by atoms with van der Waals surface area (Å²) in [5.41, 5.74) is 0. The average molecular weight is 503 g/mol. The Kier molecular flexibility index (Phi) is 31.6. The fraction of sp³-hybridized carbons (Fsp3) is 1.00. The number of unbranched alkanes of at least 4 members (excludes halogenated alkanes) is 21. The predicted molar refractivity (Wildman–Crippen MR) is 153 cm³/mol. The van der Waals surface area contributed by atoms with Gasteiger partial charge < -0.3 is 13.6 Å².